The summed E-state index contributed by atoms with van der Waals surface area (Å²) in [5, 5.41) is 4.58. The normalized spacial score (nSPS) is 20.0. The highest BCUT2D eigenvalue weighted by atomic mass is 35.5. The molecule has 4 rings (SSSR count). The lowest BCUT2D eigenvalue weighted by Gasteiger charge is -2.42. The fraction of sp³-hybridized carbons (Fsp3) is 0.522. The van der Waals surface area contributed by atoms with Gasteiger partial charge in [0.25, 0.3) is 5.78 Å². The second kappa shape index (κ2) is 8.60. The van der Waals surface area contributed by atoms with Crippen molar-refractivity contribution in [1.82, 2.24) is 24.5 Å². The Hall–Kier alpha value is -2.05. The number of halogens is 2. The molecule has 0 saturated carbocycles. The van der Waals surface area contributed by atoms with Gasteiger partial charge in [0.1, 0.15) is 12.1 Å². The van der Waals surface area contributed by atoms with Crippen LogP contribution in [0.4, 0.5) is 4.39 Å². The van der Waals surface area contributed by atoms with E-state index in [9.17, 15) is 4.39 Å². The minimum Gasteiger partial charge on any atom is -0.295 e. The number of nitrogens with zero attached hydrogens (tertiary/aromatic N) is 5. The van der Waals surface area contributed by atoms with E-state index in [2.05, 4.69) is 46.8 Å². The molecular formula is C23H29ClFN5. The number of fused-ring (bicyclic) bond motifs is 1. The topological polar surface area (TPSA) is 46.3 Å². The van der Waals surface area contributed by atoms with Crippen LogP contribution in [0.15, 0.2) is 30.6 Å². The maximum Gasteiger partial charge on any atom is 0.252 e. The van der Waals surface area contributed by atoms with E-state index < -0.39 is 0 Å². The summed E-state index contributed by atoms with van der Waals surface area (Å²) >= 11 is 5.97. The summed E-state index contributed by atoms with van der Waals surface area (Å²) in [4.78, 5) is 11.3. The molecule has 0 spiro atoms. The molecule has 0 amide bonds. The highest BCUT2D eigenvalue weighted by molar-refractivity contribution is 6.30. The van der Waals surface area contributed by atoms with Crippen LogP contribution >= 0.6 is 11.6 Å². The van der Waals surface area contributed by atoms with E-state index in [4.69, 9.17) is 11.6 Å². The predicted octanol–water partition coefficient (Wildman–Crippen LogP) is 5.44. The van der Waals surface area contributed by atoms with E-state index in [1.165, 1.54) is 0 Å². The molecule has 1 aliphatic rings. The number of hydrogen-bond donors (Lipinski definition) is 0. The molecule has 0 radical (unpaired) electrons. The van der Waals surface area contributed by atoms with Crippen molar-refractivity contribution in [1.29, 1.82) is 0 Å². The molecule has 0 aliphatic carbocycles. The molecule has 1 aliphatic heterocycles. The van der Waals surface area contributed by atoms with Gasteiger partial charge in [-0.3, -0.25) is 4.90 Å². The molecule has 30 heavy (non-hydrogen) atoms. The van der Waals surface area contributed by atoms with Gasteiger partial charge in [-0.15, -0.1) is 0 Å². The van der Waals surface area contributed by atoms with Crippen LogP contribution in [0.5, 0.6) is 0 Å². The molecule has 3 atom stereocenters. The van der Waals surface area contributed by atoms with Crippen molar-refractivity contribution in [3.63, 3.8) is 0 Å². The van der Waals surface area contributed by atoms with Crippen molar-refractivity contribution in [2.75, 3.05) is 13.1 Å². The van der Waals surface area contributed by atoms with Crippen LogP contribution in [0.3, 0.4) is 0 Å². The Balaban J connectivity index is 1.69. The lowest BCUT2D eigenvalue weighted by atomic mass is 9.82. The summed E-state index contributed by atoms with van der Waals surface area (Å²) in [6, 6.07) is 7.53. The first-order valence-corrected chi connectivity index (χ1v) is 11.1. The standard InChI is InChI=1S/C23H29ClFN5/c1-14(2)16(4)22(17-7-8-19(24)20(25)11-17)29-9-5-6-18(12-29)21-10-15(3)28-23-26-13-27-30(21)23/h7-8,10-11,13-14,16,18,22H,5-6,9,12H2,1-4H3. The number of likely N-dealkylation sites (tertiary alicyclic amines) is 1. The van der Waals surface area contributed by atoms with Crippen molar-refractivity contribution in [3.05, 3.63) is 58.4 Å². The van der Waals surface area contributed by atoms with Crippen molar-refractivity contribution in [2.24, 2.45) is 11.8 Å². The summed E-state index contributed by atoms with van der Waals surface area (Å²) < 4.78 is 16.2. The lowest BCUT2D eigenvalue weighted by Crippen LogP contribution is -2.41. The minimum atomic E-state index is -0.349. The Morgan fingerprint density at radius 2 is 2.00 bits per heavy atom. The van der Waals surface area contributed by atoms with Gasteiger partial charge in [-0.2, -0.15) is 10.1 Å². The Morgan fingerprint density at radius 3 is 2.73 bits per heavy atom. The quantitative estimate of drug-likeness (QED) is 0.542. The minimum absolute atomic E-state index is 0.133. The van der Waals surface area contributed by atoms with Gasteiger partial charge in [-0.25, -0.2) is 13.9 Å². The smallest absolute Gasteiger partial charge is 0.252 e. The molecule has 3 heterocycles. The molecule has 3 unspecified atom stereocenters. The highest BCUT2D eigenvalue weighted by Crippen LogP contribution is 2.39. The van der Waals surface area contributed by atoms with E-state index in [0.29, 0.717) is 23.5 Å². The van der Waals surface area contributed by atoms with Gasteiger partial charge in [0.05, 0.1) is 10.7 Å². The average Bonchev–Trinajstić information content (AvgIpc) is 3.18. The van der Waals surface area contributed by atoms with Crippen molar-refractivity contribution in [2.45, 2.75) is 52.5 Å². The number of aryl methyl sites for hydroxylation is 1. The molecule has 0 bridgehead atoms. The Bertz CT molecular complexity index is 1030. The van der Waals surface area contributed by atoms with Gasteiger partial charge >= 0.3 is 0 Å². The molecular weight excluding hydrogens is 401 g/mol. The van der Waals surface area contributed by atoms with Crippen LogP contribution in [-0.2, 0) is 0 Å². The third kappa shape index (κ3) is 4.08. The van der Waals surface area contributed by atoms with Crippen LogP contribution in [0.25, 0.3) is 5.78 Å². The number of benzene rings is 1. The van der Waals surface area contributed by atoms with Gasteiger partial charge in [0, 0.05) is 24.2 Å². The Labute approximate surface area is 182 Å². The van der Waals surface area contributed by atoms with Crippen LogP contribution < -0.4 is 0 Å². The third-order valence-electron chi connectivity index (χ3n) is 6.51. The fourth-order valence-corrected chi connectivity index (χ4v) is 4.78. The SMILES string of the molecule is Cc1cc(C2CCCN(C(c3ccc(Cl)c(F)c3)C(C)C(C)C)C2)n2ncnc2n1. The molecule has 7 heteroatoms. The van der Waals surface area contributed by atoms with Gasteiger partial charge in [-0.05, 0) is 61.9 Å². The predicted molar refractivity (Wildman–Crippen MR) is 117 cm³/mol. The molecule has 5 nitrogen and oxygen atoms in total. The number of piperidine rings is 1. The van der Waals surface area contributed by atoms with Crippen molar-refractivity contribution < 1.29 is 4.39 Å². The third-order valence-corrected chi connectivity index (χ3v) is 6.81. The molecule has 1 saturated heterocycles. The molecule has 3 aromatic rings. The van der Waals surface area contributed by atoms with Crippen LogP contribution in [0.2, 0.25) is 5.02 Å². The van der Waals surface area contributed by atoms with Gasteiger partial charge in [-0.1, -0.05) is 38.4 Å². The lowest BCUT2D eigenvalue weighted by molar-refractivity contribution is 0.0911. The molecule has 0 N–H and O–H groups in total. The summed E-state index contributed by atoms with van der Waals surface area (Å²) in [6.45, 7) is 10.6. The van der Waals surface area contributed by atoms with Crippen LogP contribution in [0, 0.1) is 24.6 Å². The highest BCUT2D eigenvalue weighted by Gasteiger charge is 2.33. The van der Waals surface area contributed by atoms with E-state index in [0.717, 1.165) is 42.9 Å². The Morgan fingerprint density at radius 1 is 1.20 bits per heavy atom. The van der Waals surface area contributed by atoms with E-state index in [1.807, 2.05) is 17.5 Å². The number of hydrogen-bond acceptors (Lipinski definition) is 4. The molecule has 1 aromatic carbocycles. The van der Waals surface area contributed by atoms with Gasteiger partial charge < -0.3 is 0 Å². The first kappa shape index (κ1) is 21.2. The molecule has 160 valence electrons. The molecule has 2 aromatic heterocycles. The summed E-state index contributed by atoms with van der Waals surface area (Å²) in [7, 11) is 0. The van der Waals surface area contributed by atoms with Gasteiger partial charge in [0.15, 0.2) is 0 Å². The van der Waals surface area contributed by atoms with E-state index in [1.54, 1.807) is 18.5 Å². The summed E-state index contributed by atoms with van der Waals surface area (Å²) in [5.41, 5.74) is 3.10. The average molecular weight is 430 g/mol. The zero-order valence-electron chi connectivity index (χ0n) is 18.0. The largest absolute Gasteiger partial charge is 0.295 e. The maximum absolute atomic E-state index is 14.3. The zero-order chi connectivity index (χ0) is 21.4. The van der Waals surface area contributed by atoms with E-state index >= 15 is 0 Å². The zero-order valence-corrected chi connectivity index (χ0v) is 18.8. The monoisotopic (exact) mass is 429 g/mol. The Kier molecular flexibility index (Phi) is 6.07. The maximum atomic E-state index is 14.3. The summed E-state index contributed by atoms with van der Waals surface area (Å²) in [6.07, 6.45) is 3.73. The van der Waals surface area contributed by atoms with Gasteiger partial charge in [0.2, 0.25) is 0 Å². The second-order valence-electron chi connectivity index (χ2n) is 8.85. The number of aromatic nitrogens is 4. The summed E-state index contributed by atoms with van der Waals surface area (Å²) in [5.74, 6) is 1.46. The van der Waals surface area contributed by atoms with Crippen molar-refractivity contribution >= 4 is 17.4 Å². The first-order chi connectivity index (χ1) is 14.3. The second-order valence-corrected chi connectivity index (χ2v) is 9.26. The van der Waals surface area contributed by atoms with Crippen molar-refractivity contribution in [3.8, 4) is 0 Å². The first-order valence-electron chi connectivity index (χ1n) is 10.7. The number of rotatable bonds is 5. The fourth-order valence-electron chi connectivity index (χ4n) is 4.66. The molecule has 1 fully saturated rings. The van der Waals surface area contributed by atoms with Crippen LogP contribution in [-0.4, -0.2) is 37.6 Å². The van der Waals surface area contributed by atoms with Crippen LogP contribution in [0.1, 0.15) is 62.5 Å². The van der Waals surface area contributed by atoms with E-state index in [-0.39, 0.29) is 16.9 Å².